The molecule has 0 aliphatic carbocycles. The molecule has 0 amide bonds. The van der Waals surface area contributed by atoms with Gasteiger partial charge in [-0.15, -0.1) is 0 Å². The summed E-state index contributed by atoms with van der Waals surface area (Å²) in [5.41, 5.74) is 0.430. The first-order chi connectivity index (χ1) is 11.0. The monoisotopic (exact) mass is 400 g/mol. The van der Waals surface area contributed by atoms with Crippen molar-refractivity contribution in [1.29, 1.82) is 0 Å². The van der Waals surface area contributed by atoms with Crippen molar-refractivity contribution < 1.29 is 14.3 Å². The fourth-order valence-corrected chi connectivity index (χ4v) is 3.34. The van der Waals surface area contributed by atoms with Crippen LogP contribution in [0, 0.1) is 0 Å². The average Bonchev–Trinajstić information content (AvgIpc) is 2.54. The quantitative estimate of drug-likeness (QED) is 0.421. The van der Waals surface area contributed by atoms with E-state index in [-0.39, 0.29) is 11.5 Å². The lowest BCUT2D eigenvalue weighted by atomic mass is 10.2. The minimum Gasteiger partial charge on any atom is -0.468 e. The van der Waals surface area contributed by atoms with Crippen molar-refractivity contribution >= 4 is 44.6 Å². The summed E-state index contributed by atoms with van der Waals surface area (Å²) >= 11 is 4.56. The number of fused-ring (bicyclic) bond motifs is 1. The highest BCUT2D eigenvalue weighted by Gasteiger charge is 2.19. The van der Waals surface area contributed by atoms with E-state index in [1.54, 1.807) is 26.2 Å². The largest absolute Gasteiger partial charge is 0.468 e. The molecule has 2 aromatic rings. The molecule has 1 aromatic carbocycles. The first-order valence-electron chi connectivity index (χ1n) is 6.91. The van der Waals surface area contributed by atoms with E-state index in [1.165, 1.54) is 23.4 Å². The first-order valence-corrected chi connectivity index (χ1v) is 8.58. The summed E-state index contributed by atoms with van der Waals surface area (Å²) in [5.74, 6) is -0.363. The molecule has 1 atom stereocenters. The molecule has 8 heteroatoms. The number of carbonyl (C=O) groups is 1. The van der Waals surface area contributed by atoms with E-state index in [4.69, 9.17) is 9.47 Å². The Morgan fingerprint density at radius 1 is 1.43 bits per heavy atom. The molecule has 0 radical (unpaired) electrons. The summed E-state index contributed by atoms with van der Waals surface area (Å²) in [7, 11) is 2.91. The third kappa shape index (κ3) is 4.13. The molecule has 0 saturated heterocycles. The molecule has 0 fully saturated rings. The molecule has 23 heavy (non-hydrogen) atoms. The number of esters is 1. The maximum atomic E-state index is 12.7. The summed E-state index contributed by atoms with van der Waals surface area (Å²) < 4.78 is 12.1. The normalized spacial score (nSPS) is 12.3. The van der Waals surface area contributed by atoms with Crippen LogP contribution in [0.25, 0.3) is 10.9 Å². The third-order valence-corrected chi connectivity index (χ3v) is 4.78. The van der Waals surface area contributed by atoms with Gasteiger partial charge in [0.2, 0.25) is 0 Å². The number of hydrogen-bond donors (Lipinski definition) is 0. The van der Waals surface area contributed by atoms with Gasteiger partial charge in [0.15, 0.2) is 5.16 Å². The van der Waals surface area contributed by atoms with E-state index in [9.17, 15) is 9.59 Å². The van der Waals surface area contributed by atoms with Crippen LogP contribution in [0.4, 0.5) is 0 Å². The minimum atomic E-state index is -0.464. The molecule has 0 aliphatic rings. The number of nitrogens with zero attached hydrogens (tertiary/aromatic N) is 2. The van der Waals surface area contributed by atoms with Crippen LogP contribution in [-0.2, 0) is 20.8 Å². The number of methoxy groups -OCH3 is 2. The zero-order chi connectivity index (χ0) is 17.0. The molecule has 0 saturated carbocycles. The van der Waals surface area contributed by atoms with E-state index in [1.807, 2.05) is 6.07 Å². The number of carbonyl (C=O) groups excluding carboxylic acids is 1. The Morgan fingerprint density at radius 2 is 2.17 bits per heavy atom. The maximum absolute atomic E-state index is 12.7. The summed E-state index contributed by atoms with van der Waals surface area (Å²) in [6, 6.07) is 5.34. The van der Waals surface area contributed by atoms with E-state index >= 15 is 0 Å². The Labute approximate surface area is 146 Å². The summed E-state index contributed by atoms with van der Waals surface area (Å²) in [6.07, 6.45) is 0. The second kappa shape index (κ2) is 7.94. The van der Waals surface area contributed by atoms with Crippen LogP contribution in [0.3, 0.4) is 0 Å². The fourth-order valence-electron chi connectivity index (χ4n) is 2.01. The van der Waals surface area contributed by atoms with Crippen molar-refractivity contribution in [3.63, 3.8) is 0 Å². The topological polar surface area (TPSA) is 70.4 Å². The van der Waals surface area contributed by atoms with Gasteiger partial charge >= 0.3 is 5.97 Å². The van der Waals surface area contributed by atoms with Gasteiger partial charge in [0.25, 0.3) is 5.56 Å². The number of thioether (sulfide) groups is 1. The van der Waals surface area contributed by atoms with E-state index in [0.29, 0.717) is 29.2 Å². The standard InChI is InChI=1S/C15H17BrN2O4S/c1-9(14(20)22-3)23-15-17-12-5-4-10(16)8-11(12)13(19)18(15)6-7-21-2/h4-5,8-9H,6-7H2,1-3H3/t9-/m1/s1. The highest BCUT2D eigenvalue weighted by atomic mass is 79.9. The third-order valence-electron chi connectivity index (χ3n) is 3.22. The molecular formula is C15H17BrN2O4S. The van der Waals surface area contributed by atoms with Crippen molar-refractivity contribution in [2.24, 2.45) is 0 Å². The van der Waals surface area contributed by atoms with Crippen molar-refractivity contribution in [2.45, 2.75) is 23.9 Å². The smallest absolute Gasteiger partial charge is 0.318 e. The lowest BCUT2D eigenvalue weighted by Crippen LogP contribution is -2.26. The molecule has 2 rings (SSSR count). The fraction of sp³-hybridized carbons (Fsp3) is 0.400. The molecule has 0 spiro atoms. The number of aromatic nitrogens is 2. The Hall–Kier alpha value is -1.38. The van der Waals surface area contributed by atoms with Gasteiger partial charge in [-0.05, 0) is 25.1 Å². The van der Waals surface area contributed by atoms with E-state index in [0.717, 1.165) is 4.47 Å². The molecule has 0 unspecified atom stereocenters. The van der Waals surface area contributed by atoms with Crippen molar-refractivity contribution in [3.8, 4) is 0 Å². The van der Waals surface area contributed by atoms with Crippen molar-refractivity contribution in [1.82, 2.24) is 9.55 Å². The molecule has 0 N–H and O–H groups in total. The zero-order valence-corrected chi connectivity index (χ0v) is 15.4. The van der Waals surface area contributed by atoms with Gasteiger partial charge in [0, 0.05) is 11.6 Å². The van der Waals surface area contributed by atoms with Gasteiger partial charge < -0.3 is 9.47 Å². The maximum Gasteiger partial charge on any atom is 0.318 e. The van der Waals surface area contributed by atoms with Crippen LogP contribution >= 0.6 is 27.7 Å². The van der Waals surface area contributed by atoms with Crippen LogP contribution in [-0.4, -0.2) is 41.6 Å². The molecule has 124 valence electrons. The molecule has 1 heterocycles. The highest BCUT2D eigenvalue weighted by molar-refractivity contribution is 9.10. The van der Waals surface area contributed by atoms with Gasteiger partial charge in [-0.2, -0.15) is 0 Å². The van der Waals surface area contributed by atoms with E-state index in [2.05, 4.69) is 20.9 Å². The lowest BCUT2D eigenvalue weighted by molar-refractivity contribution is -0.139. The van der Waals surface area contributed by atoms with Crippen LogP contribution < -0.4 is 5.56 Å². The Kier molecular flexibility index (Phi) is 6.20. The lowest BCUT2D eigenvalue weighted by Gasteiger charge is -2.15. The molecule has 6 nitrogen and oxygen atoms in total. The van der Waals surface area contributed by atoms with Crippen molar-refractivity contribution in [2.75, 3.05) is 20.8 Å². The minimum absolute atomic E-state index is 0.159. The second-order valence-corrected chi connectivity index (χ2v) is 7.01. The van der Waals surface area contributed by atoms with Gasteiger partial charge in [0.1, 0.15) is 5.25 Å². The van der Waals surface area contributed by atoms with Crippen LogP contribution in [0.5, 0.6) is 0 Å². The van der Waals surface area contributed by atoms with Gasteiger partial charge in [-0.25, -0.2) is 4.98 Å². The SMILES string of the molecule is COCCn1c(S[C@H](C)C(=O)OC)nc2ccc(Br)cc2c1=O. The summed E-state index contributed by atoms with van der Waals surface area (Å²) in [5, 5.41) is 0.527. The highest BCUT2D eigenvalue weighted by Crippen LogP contribution is 2.24. The van der Waals surface area contributed by atoms with Crippen LogP contribution in [0.15, 0.2) is 32.6 Å². The molecule has 0 bridgehead atoms. The van der Waals surface area contributed by atoms with Gasteiger partial charge in [-0.1, -0.05) is 27.7 Å². The van der Waals surface area contributed by atoms with Crippen LogP contribution in [0.1, 0.15) is 6.92 Å². The summed E-state index contributed by atoms with van der Waals surface area (Å²) in [4.78, 5) is 28.9. The number of ether oxygens (including phenoxy) is 2. The molecule has 1 aromatic heterocycles. The summed E-state index contributed by atoms with van der Waals surface area (Å²) in [6.45, 7) is 2.46. The van der Waals surface area contributed by atoms with Gasteiger partial charge in [0.05, 0.1) is 31.2 Å². The second-order valence-electron chi connectivity index (χ2n) is 4.79. The Morgan fingerprint density at radius 3 is 2.83 bits per heavy atom. The Balaban J connectivity index is 2.54. The van der Waals surface area contributed by atoms with Gasteiger partial charge in [-0.3, -0.25) is 14.2 Å². The molecular weight excluding hydrogens is 384 g/mol. The molecule has 0 aliphatic heterocycles. The number of benzene rings is 1. The zero-order valence-electron chi connectivity index (χ0n) is 13.0. The van der Waals surface area contributed by atoms with Crippen molar-refractivity contribution in [3.05, 3.63) is 33.0 Å². The number of hydrogen-bond acceptors (Lipinski definition) is 6. The van der Waals surface area contributed by atoms with Crippen LogP contribution in [0.2, 0.25) is 0 Å². The number of rotatable bonds is 6. The first kappa shape index (κ1) is 18.0. The Bertz CT molecular complexity index is 778. The van der Waals surface area contributed by atoms with E-state index < -0.39 is 5.25 Å². The predicted octanol–water partition coefficient (Wildman–Crippen LogP) is 2.46. The predicted molar refractivity (Wildman–Crippen MR) is 92.9 cm³/mol. The number of halogens is 1. The average molecular weight is 401 g/mol.